The van der Waals surface area contributed by atoms with Gasteiger partial charge in [0.15, 0.2) is 0 Å². The number of nitrogens with two attached hydrogens (primary N) is 1. The molecular weight excluding hydrogens is 240 g/mol. The normalized spacial score (nSPS) is 18.4. The fraction of sp³-hybridized carbons (Fsp3) is 0.571. The van der Waals surface area contributed by atoms with Gasteiger partial charge in [-0.1, -0.05) is 0 Å². The Balaban J connectivity index is 1.54. The summed E-state index contributed by atoms with van der Waals surface area (Å²) in [7, 11) is 0. The molecule has 102 valence electrons. The quantitative estimate of drug-likeness (QED) is 0.535. The molecule has 2 aliphatic rings. The first-order valence-corrected chi connectivity index (χ1v) is 6.99. The third kappa shape index (κ3) is 3.04. The Kier molecular flexibility index (Phi) is 3.38. The molecule has 2 aliphatic carbocycles. The summed E-state index contributed by atoms with van der Waals surface area (Å²) in [5.74, 6) is 7.57. The molecule has 0 aliphatic heterocycles. The molecule has 0 bridgehead atoms. The number of nitrogen functional groups attached to an aromatic ring is 1. The molecule has 3 rings (SSSR count). The molecule has 1 aromatic heterocycles. The van der Waals surface area contributed by atoms with E-state index in [1.54, 1.807) is 18.3 Å². The van der Waals surface area contributed by atoms with E-state index in [-0.39, 0.29) is 5.91 Å². The molecule has 1 amide bonds. The van der Waals surface area contributed by atoms with E-state index in [0.29, 0.717) is 17.3 Å². The van der Waals surface area contributed by atoms with Crippen molar-refractivity contribution in [1.82, 2.24) is 10.3 Å². The van der Waals surface area contributed by atoms with E-state index in [0.717, 1.165) is 18.4 Å². The van der Waals surface area contributed by atoms with Crippen LogP contribution in [0.1, 0.15) is 36.2 Å². The number of nitrogens with zero attached hydrogens (tertiary/aromatic N) is 1. The number of amides is 1. The second-order valence-corrected chi connectivity index (χ2v) is 5.63. The molecule has 5 heteroatoms. The van der Waals surface area contributed by atoms with Crippen LogP contribution in [-0.4, -0.2) is 17.4 Å². The number of rotatable bonds is 6. The fourth-order valence-electron chi connectivity index (χ4n) is 2.68. The molecule has 0 atom stereocenters. The van der Waals surface area contributed by atoms with Gasteiger partial charge in [0.05, 0.1) is 11.9 Å². The highest BCUT2D eigenvalue weighted by Crippen LogP contribution is 2.48. The number of pyridine rings is 1. The second kappa shape index (κ2) is 5.17. The van der Waals surface area contributed by atoms with Crippen LogP contribution in [0.3, 0.4) is 0 Å². The Morgan fingerprint density at radius 3 is 2.47 bits per heavy atom. The number of hydrogen-bond acceptors (Lipinski definition) is 4. The molecule has 19 heavy (non-hydrogen) atoms. The van der Waals surface area contributed by atoms with Gasteiger partial charge in [0, 0.05) is 6.54 Å². The lowest BCUT2D eigenvalue weighted by Crippen LogP contribution is -2.31. The van der Waals surface area contributed by atoms with Gasteiger partial charge in [0.2, 0.25) is 0 Å². The number of nitrogens with one attached hydrogen (secondary N) is 2. The number of hydrogen-bond donors (Lipinski definition) is 3. The number of carbonyl (C=O) groups is 1. The van der Waals surface area contributed by atoms with Crippen LogP contribution in [-0.2, 0) is 0 Å². The van der Waals surface area contributed by atoms with Gasteiger partial charge in [-0.2, -0.15) is 0 Å². The van der Waals surface area contributed by atoms with Crippen LogP contribution < -0.4 is 16.6 Å². The third-order valence-electron chi connectivity index (χ3n) is 4.12. The van der Waals surface area contributed by atoms with E-state index in [1.807, 2.05) is 0 Å². The van der Waals surface area contributed by atoms with Crippen LogP contribution in [0.4, 0.5) is 5.69 Å². The minimum atomic E-state index is -0.0881. The van der Waals surface area contributed by atoms with Crippen molar-refractivity contribution in [2.75, 3.05) is 12.0 Å². The standard InChI is InChI=1S/C14H20N4O/c15-18-11-5-6-13(16-7-11)14(19)17-8-12(9-1-2-9)10-3-4-10/h5-7,9-10,12,18H,1-4,8,15H2,(H,17,19). The number of aromatic nitrogens is 1. The molecule has 5 nitrogen and oxygen atoms in total. The zero-order valence-electron chi connectivity index (χ0n) is 10.9. The fourth-order valence-corrected chi connectivity index (χ4v) is 2.68. The van der Waals surface area contributed by atoms with E-state index >= 15 is 0 Å². The van der Waals surface area contributed by atoms with E-state index < -0.39 is 0 Å². The minimum Gasteiger partial charge on any atom is -0.350 e. The molecule has 0 unspecified atom stereocenters. The Bertz CT molecular complexity index is 439. The average Bonchev–Trinajstić information content (AvgIpc) is 3.31. The van der Waals surface area contributed by atoms with Crippen molar-refractivity contribution in [3.8, 4) is 0 Å². The van der Waals surface area contributed by atoms with E-state index in [4.69, 9.17) is 5.84 Å². The monoisotopic (exact) mass is 260 g/mol. The van der Waals surface area contributed by atoms with Crippen molar-refractivity contribution < 1.29 is 4.79 Å². The molecule has 4 N–H and O–H groups in total. The first-order valence-electron chi connectivity index (χ1n) is 6.99. The Morgan fingerprint density at radius 1 is 1.32 bits per heavy atom. The predicted molar refractivity (Wildman–Crippen MR) is 73.3 cm³/mol. The molecule has 0 aromatic carbocycles. The Labute approximate surface area is 112 Å². The summed E-state index contributed by atoms with van der Waals surface area (Å²) in [6, 6.07) is 3.44. The number of hydrazine groups is 1. The molecular formula is C14H20N4O. The number of anilines is 1. The van der Waals surface area contributed by atoms with Crippen molar-refractivity contribution in [2.45, 2.75) is 25.7 Å². The molecule has 0 saturated heterocycles. The maximum absolute atomic E-state index is 12.0. The molecule has 2 saturated carbocycles. The smallest absolute Gasteiger partial charge is 0.269 e. The van der Waals surface area contributed by atoms with Gasteiger partial charge in [0.1, 0.15) is 5.69 Å². The highest BCUT2D eigenvalue weighted by atomic mass is 16.1. The van der Waals surface area contributed by atoms with E-state index in [2.05, 4.69) is 15.7 Å². The molecule has 1 aromatic rings. The first-order chi connectivity index (χ1) is 9.28. The Hall–Kier alpha value is -1.62. The zero-order chi connectivity index (χ0) is 13.2. The maximum atomic E-state index is 12.0. The second-order valence-electron chi connectivity index (χ2n) is 5.63. The van der Waals surface area contributed by atoms with Gasteiger partial charge >= 0.3 is 0 Å². The van der Waals surface area contributed by atoms with Crippen LogP contribution in [0.15, 0.2) is 18.3 Å². The summed E-state index contributed by atoms with van der Waals surface area (Å²) in [6.45, 7) is 0.798. The number of carbonyl (C=O) groups excluding carboxylic acids is 1. The lowest BCUT2D eigenvalue weighted by atomic mass is 9.98. The van der Waals surface area contributed by atoms with Gasteiger partial charge in [-0.3, -0.25) is 10.6 Å². The summed E-state index contributed by atoms with van der Waals surface area (Å²) in [4.78, 5) is 16.1. The highest BCUT2D eigenvalue weighted by Gasteiger charge is 2.41. The summed E-state index contributed by atoms with van der Waals surface area (Å²) in [5, 5.41) is 3.03. The predicted octanol–water partition coefficient (Wildman–Crippen LogP) is 1.53. The SMILES string of the molecule is NNc1ccc(C(=O)NCC(C2CC2)C2CC2)nc1. The largest absolute Gasteiger partial charge is 0.350 e. The maximum Gasteiger partial charge on any atom is 0.269 e. The molecule has 2 fully saturated rings. The van der Waals surface area contributed by atoms with Gasteiger partial charge < -0.3 is 10.7 Å². The van der Waals surface area contributed by atoms with Crippen LogP contribution in [0.2, 0.25) is 0 Å². The van der Waals surface area contributed by atoms with Crippen LogP contribution >= 0.6 is 0 Å². The van der Waals surface area contributed by atoms with E-state index in [9.17, 15) is 4.79 Å². The van der Waals surface area contributed by atoms with Crippen molar-refractivity contribution in [3.05, 3.63) is 24.0 Å². The van der Waals surface area contributed by atoms with Crippen molar-refractivity contribution in [1.29, 1.82) is 0 Å². The summed E-state index contributed by atoms with van der Waals surface area (Å²) >= 11 is 0. The van der Waals surface area contributed by atoms with Crippen molar-refractivity contribution in [2.24, 2.45) is 23.6 Å². The van der Waals surface area contributed by atoms with E-state index in [1.165, 1.54) is 25.7 Å². The van der Waals surface area contributed by atoms with Crippen molar-refractivity contribution >= 4 is 11.6 Å². The zero-order valence-corrected chi connectivity index (χ0v) is 10.9. The van der Waals surface area contributed by atoms with Gasteiger partial charge in [0.25, 0.3) is 5.91 Å². The molecule has 1 heterocycles. The summed E-state index contributed by atoms with van der Waals surface area (Å²) < 4.78 is 0. The third-order valence-corrected chi connectivity index (χ3v) is 4.12. The first kappa shape index (κ1) is 12.4. The van der Waals surface area contributed by atoms with Gasteiger partial charge in [-0.25, -0.2) is 4.98 Å². The topological polar surface area (TPSA) is 80.0 Å². The molecule has 0 spiro atoms. The lowest BCUT2D eigenvalue weighted by molar-refractivity contribution is 0.0938. The van der Waals surface area contributed by atoms with Crippen LogP contribution in [0.25, 0.3) is 0 Å². The average molecular weight is 260 g/mol. The summed E-state index contributed by atoms with van der Waals surface area (Å²) in [5.41, 5.74) is 3.64. The van der Waals surface area contributed by atoms with Gasteiger partial charge in [-0.05, 0) is 55.6 Å². The highest BCUT2D eigenvalue weighted by molar-refractivity contribution is 5.92. The minimum absolute atomic E-state index is 0.0881. The van der Waals surface area contributed by atoms with Crippen molar-refractivity contribution in [3.63, 3.8) is 0 Å². The Morgan fingerprint density at radius 2 is 2.00 bits per heavy atom. The summed E-state index contributed by atoms with van der Waals surface area (Å²) in [6.07, 6.45) is 6.92. The van der Waals surface area contributed by atoms with Gasteiger partial charge in [-0.15, -0.1) is 0 Å². The van der Waals surface area contributed by atoms with Crippen LogP contribution in [0.5, 0.6) is 0 Å². The lowest BCUT2D eigenvalue weighted by Gasteiger charge is -2.16. The van der Waals surface area contributed by atoms with Crippen LogP contribution in [0, 0.1) is 17.8 Å². The molecule has 0 radical (unpaired) electrons.